The van der Waals surface area contributed by atoms with Crippen LogP contribution in [0.15, 0.2) is 30.3 Å². The molecule has 1 aliphatic rings. The smallest absolute Gasteiger partial charge is 0.416 e. The Balaban J connectivity index is 1.75. The SMILES string of the molecule is Cc1nc(N[C@H](C)c2cc(N)cc(C(F)(F)F)c2)c2cc3c(cc2n1)OCCN3C. The molecule has 0 amide bonds. The number of nitrogens with one attached hydrogen (secondary N) is 1. The van der Waals surface area contributed by atoms with Crippen molar-refractivity contribution in [3.63, 3.8) is 0 Å². The third-order valence-electron chi connectivity index (χ3n) is 5.14. The van der Waals surface area contributed by atoms with Crippen LogP contribution in [0.2, 0.25) is 0 Å². The number of aryl methyl sites for hydroxylation is 1. The first-order valence-electron chi connectivity index (χ1n) is 9.52. The Kier molecular flexibility index (Phi) is 4.83. The van der Waals surface area contributed by atoms with Crippen molar-refractivity contribution < 1.29 is 17.9 Å². The van der Waals surface area contributed by atoms with Crippen LogP contribution in [0.1, 0.15) is 29.9 Å². The third-order valence-corrected chi connectivity index (χ3v) is 5.14. The number of benzene rings is 2. The van der Waals surface area contributed by atoms with Crippen LogP contribution in [0.3, 0.4) is 0 Å². The molecule has 158 valence electrons. The fourth-order valence-electron chi connectivity index (χ4n) is 3.58. The van der Waals surface area contributed by atoms with E-state index < -0.39 is 17.8 Å². The molecule has 0 saturated heterocycles. The summed E-state index contributed by atoms with van der Waals surface area (Å²) in [7, 11) is 1.98. The number of likely N-dealkylation sites (N-methyl/N-ethyl adjacent to an activating group) is 1. The van der Waals surface area contributed by atoms with Crippen molar-refractivity contribution in [1.29, 1.82) is 0 Å². The van der Waals surface area contributed by atoms with Gasteiger partial charge in [0.2, 0.25) is 0 Å². The summed E-state index contributed by atoms with van der Waals surface area (Å²) in [6.07, 6.45) is -4.47. The Labute approximate surface area is 171 Å². The van der Waals surface area contributed by atoms with Gasteiger partial charge in [-0.3, -0.25) is 0 Å². The van der Waals surface area contributed by atoms with Gasteiger partial charge in [-0.25, -0.2) is 9.97 Å². The van der Waals surface area contributed by atoms with Gasteiger partial charge in [0.15, 0.2) is 0 Å². The highest BCUT2D eigenvalue weighted by Crippen LogP contribution is 2.38. The monoisotopic (exact) mass is 417 g/mol. The number of nitrogens with zero attached hydrogens (tertiary/aromatic N) is 3. The highest BCUT2D eigenvalue weighted by Gasteiger charge is 2.31. The van der Waals surface area contributed by atoms with Gasteiger partial charge in [-0.15, -0.1) is 0 Å². The van der Waals surface area contributed by atoms with Gasteiger partial charge < -0.3 is 20.7 Å². The van der Waals surface area contributed by atoms with Crippen LogP contribution in [0, 0.1) is 6.92 Å². The fraction of sp³-hybridized carbons (Fsp3) is 0.333. The first-order chi connectivity index (χ1) is 14.1. The predicted octanol–water partition coefficient (Wildman–Crippen LogP) is 4.54. The summed E-state index contributed by atoms with van der Waals surface area (Å²) in [4.78, 5) is 11.1. The van der Waals surface area contributed by atoms with E-state index in [-0.39, 0.29) is 5.69 Å². The number of hydrogen-bond donors (Lipinski definition) is 2. The standard InChI is InChI=1S/C21H22F3N5O/c1-11(13-6-14(21(22,23)24)8-15(25)7-13)26-20-16-9-18-19(30-5-4-29(18)3)10-17(16)27-12(2)28-20/h6-11H,4-5,25H2,1-3H3,(H,26,27,28)/t11-/m1/s1. The highest BCUT2D eigenvalue weighted by atomic mass is 19.4. The number of halogens is 3. The van der Waals surface area contributed by atoms with Crippen LogP contribution < -0.4 is 20.7 Å². The molecule has 1 aliphatic heterocycles. The second-order valence-corrected chi connectivity index (χ2v) is 7.48. The maximum atomic E-state index is 13.2. The molecule has 3 aromatic rings. The maximum Gasteiger partial charge on any atom is 0.416 e. The number of hydrogen-bond acceptors (Lipinski definition) is 6. The first-order valence-corrected chi connectivity index (χ1v) is 9.52. The number of fused-ring (bicyclic) bond motifs is 2. The van der Waals surface area contributed by atoms with E-state index in [1.54, 1.807) is 13.8 Å². The Hall–Kier alpha value is -3.23. The molecule has 4 rings (SSSR count). The van der Waals surface area contributed by atoms with Crippen LogP contribution in [-0.2, 0) is 6.18 Å². The number of nitrogen functional groups attached to an aromatic ring is 1. The summed E-state index contributed by atoms with van der Waals surface area (Å²) in [6.45, 7) is 4.89. The van der Waals surface area contributed by atoms with Crippen LogP contribution in [-0.4, -0.2) is 30.2 Å². The molecule has 0 saturated carbocycles. The number of aromatic nitrogens is 2. The molecule has 0 aliphatic carbocycles. The minimum Gasteiger partial charge on any atom is -0.489 e. The molecule has 3 N–H and O–H groups in total. The van der Waals surface area contributed by atoms with Crippen molar-refractivity contribution in [2.24, 2.45) is 0 Å². The van der Waals surface area contributed by atoms with Crippen molar-refractivity contribution in [2.75, 3.05) is 36.1 Å². The molecule has 0 bridgehead atoms. The molecule has 0 fully saturated rings. The Morgan fingerprint density at radius 2 is 1.93 bits per heavy atom. The zero-order valence-corrected chi connectivity index (χ0v) is 16.8. The van der Waals surface area contributed by atoms with E-state index in [2.05, 4.69) is 20.2 Å². The van der Waals surface area contributed by atoms with Crippen LogP contribution in [0.5, 0.6) is 5.75 Å². The second kappa shape index (κ2) is 7.23. The molecule has 1 aromatic heterocycles. The lowest BCUT2D eigenvalue weighted by Gasteiger charge is -2.28. The number of rotatable bonds is 3. The van der Waals surface area contributed by atoms with Crippen LogP contribution in [0.4, 0.5) is 30.4 Å². The molecular formula is C21H22F3N5O. The molecule has 0 spiro atoms. The minimum absolute atomic E-state index is 0.0602. The predicted molar refractivity (Wildman–Crippen MR) is 111 cm³/mol. The van der Waals surface area contributed by atoms with Crippen LogP contribution in [0.25, 0.3) is 10.9 Å². The topological polar surface area (TPSA) is 76.3 Å². The zero-order chi connectivity index (χ0) is 21.6. The van der Waals surface area contributed by atoms with Gasteiger partial charge in [-0.2, -0.15) is 13.2 Å². The molecule has 30 heavy (non-hydrogen) atoms. The van der Waals surface area contributed by atoms with Crippen molar-refractivity contribution in [2.45, 2.75) is 26.1 Å². The summed E-state index contributed by atoms with van der Waals surface area (Å²) >= 11 is 0. The lowest BCUT2D eigenvalue weighted by Crippen LogP contribution is -2.28. The van der Waals surface area contributed by atoms with Gasteiger partial charge in [-0.1, -0.05) is 0 Å². The van der Waals surface area contributed by atoms with E-state index in [0.29, 0.717) is 29.3 Å². The van der Waals surface area contributed by atoms with E-state index in [0.717, 1.165) is 35.5 Å². The molecule has 9 heteroatoms. The zero-order valence-electron chi connectivity index (χ0n) is 16.8. The van der Waals surface area contributed by atoms with Crippen molar-refractivity contribution in [1.82, 2.24) is 9.97 Å². The first kappa shape index (κ1) is 20.1. The van der Waals surface area contributed by atoms with Crippen molar-refractivity contribution in [3.8, 4) is 5.75 Å². The minimum atomic E-state index is -4.47. The second-order valence-electron chi connectivity index (χ2n) is 7.48. The number of anilines is 3. The van der Waals surface area contributed by atoms with Gasteiger partial charge in [0.25, 0.3) is 0 Å². The lowest BCUT2D eigenvalue weighted by molar-refractivity contribution is -0.137. The van der Waals surface area contributed by atoms with Gasteiger partial charge in [0.1, 0.15) is 24.0 Å². The molecule has 0 unspecified atom stereocenters. The average molecular weight is 417 g/mol. The summed E-state index contributed by atoms with van der Waals surface area (Å²) in [5.74, 6) is 1.84. The van der Waals surface area contributed by atoms with Crippen LogP contribution >= 0.6 is 0 Å². The molecule has 2 aromatic carbocycles. The van der Waals surface area contributed by atoms with Gasteiger partial charge in [0.05, 0.1) is 29.4 Å². The summed E-state index contributed by atoms with van der Waals surface area (Å²) in [5.41, 5.74) is 7.05. The number of ether oxygens (including phenoxy) is 1. The van der Waals surface area contributed by atoms with E-state index in [4.69, 9.17) is 10.5 Å². The summed E-state index contributed by atoms with van der Waals surface area (Å²) in [6, 6.07) is 6.92. The Bertz CT molecular complexity index is 1120. The van der Waals surface area contributed by atoms with E-state index in [9.17, 15) is 13.2 Å². The largest absolute Gasteiger partial charge is 0.489 e. The quantitative estimate of drug-likeness (QED) is 0.610. The van der Waals surface area contributed by atoms with Gasteiger partial charge in [0, 0.05) is 24.2 Å². The van der Waals surface area contributed by atoms with E-state index in [1.807, 2.05) is 19.2 Å². The molecule has 0 radical (unpaired) electrons. The summed E-state index contributed by atoms with van der Waals surface area (Å²) < 4.78 is 45.3. The Morgan fingerprint density at radius 3 is 2.67 bits per heavy atom. The normalized spacial score (nSPS) is 14.9. The number of alkyl halides is 3. The van der Waals surface area contributed by atoms with Gasteiger partial charge >= 0.3 is 6.18 Å². The Morgan fingerprint density at radius 1 is 1.17 bits per heavy atom. The fourth-order valence-corrected chi connectivity index (χ4v) is 3.58. The van der Waals surface area contributed by atoms with E-state index in [1.165, 1.54) is 6.07 Å². The highest BCUT2D eigenvalue weighted by molar-refractivity contribution is 5.94. The van der Waals surface area contributed by atoms with Crippen molar-refractivity contribution >= 4 is 28.1 Å². The third kappa shape index (κ3) is 3.79. The van der Waals surface area contributed by atoms with Gasteiger partial charge in [-0.05, 0) is 43.7 Å². The number of nitrogens with two attached hydrogens (primary N) is 1. The molecule has 2 heterocycles. The van der Waals surface area contributed by atoms with Crippen molar-refractivity contribution in [3.05, 3.63) is 47.3 Å². The lowest BCUT2D eigenvalue weighted by atomic mass is 10.0. The molecular weight excluding hydrogens is 395 g/mol. The maximum absolute atomic E-state index is 13.2. The molecule has 1 atom stereocenters. The van der Waals surface area contributed by atoms with E-state index >= 15 is 0 Å². The summed E-state index contributed by atoms with van der Waals surface area (Å²) in [5, 5.41) is 4.00. The average Bonchev–Trinajstić information content (AvgIpc) is 2.66. The molecule has 6 nitrogen and oxygen atoms in total.